The molecule has 3 rings (SSSR count). The smallest absolute Gasteiger partial charge is 0.317 e. The van der Waals surface area contributed by atoms with Gasteiger partial charge in [-0.1, -0.05) is 24.3 Å². The van der Waals surface area contributed by atoms with Crippen molar-refractivity contribution < 1.29 is 17.9 Å². The van der Waals surface area contributed by atoms with Crippen LogP contribution >= 0.6 is 0 Å². The van der Waals surface area contributed by atoms with Crippen molar-refractivity contribution in [3.8, 4) is 5.75 Å². The molecule has 0 radical (unpaired) electrons. The highest BCUT2D eigenvalue weighted by molar-refractivity contribution is 7.89. The second kappa shape index (κ2) is 10.5. The molecule has 33 heavy (non-hydrogen) atoms. The number of carbonyl (C=O) groups excluding carboxylic acids is 1. The van der Waals surface area contributed by atoms with Crippen molar-refractivity contribution in [3.05, 3.63) is 59.2 Å². The van der Waals surface area contributed by atoms with E-state index in [4.69, 9.17) is 4.74 Å². The van der Waals surface area contributed by atoms with Crippen molar-refractivity contribution in [1.82, 2.24) is 19.4 Å². The average Bonchev–Trinajstić information content (AvgIpc) is 2.80. The molecule has 1 aliphatic heterocycles. The van der Waals surface area contributed by atoms with E-state index in [9.17, 15) is 13.2 Å². The van der Waals surface area contributed by atoms with Crippen molar-refractivity contribution >= 4 is 16.1 Å². The Bertz CT molecular complexity index is 1060. The highest BCUT2D eigenvalue weighted by Gasteiger charge is 2.31. The summed E-state index contributed by atoms with van der Waals surface area (Å²) in [5.74, 6) is 0.786. The summed E-state index contributed by atoms with van der Waals surface area (Å²) in [4.78, 5) is 16.9. The lowest BCUT2D eigenvalue weighted by Crippen LogP contribution is -2.53. The number of hydrogen-bond acceptors (Lipinski definition) is 5. The van der Waals surface area contributed by atoms with Gasteiger partial charge in [-0.25, -0.2) is 13.2 Å². The van der Waals surface area contributed by atoms with Crippen LogP contribution in [0.2, 0.25) is 0 Å². The first-order valence-electron chi connectivity index (χ1n) is 11.0. The number of sulfonamides is 1. The molecule has 0 spiro atoms. The van der Waals surface area contributed by atoms with Gasteiger partial charge in [-0.3, -0.25) is 0 Å². The fourth-order valence-electron chi connectivity index (χ4n) is 3.98. The Morgan fingerprint density at radius 2 is 1.70 bits per heavy atom. The molecular weight excluding hydrogens is 440 g/mol. The molecule has 1 aliphatic rings. The molecule has 2 amide bonds. The van der Waals surface area contributed by atoms with Gasteiger partial charge < -0.3 is 19.9 Å². The molecular formula is C24H34N4O4S. The van der Waals surface area contributed by atoms with Gasteiger partial charge in [0.15, 0.2) is 0 Å². The molecule has 1 atom stereocenters. The van der Waals surface area contributed by atoms with E-state index < -0.39 is 10.0 Å². The van der Waals surface area contributed by atoms with E-state index in [-0.39, 0.29) is 25.2 Å². The van der Waals surface area contributed by atoms with Gasteiger partial charge in [-0.05, 0) is 62.8 Å². The Morgan fingerprint density at radius 3 is 2.27 bits per heavy atom. The number of piperazine rings is 1. The van der Waals surface area contributed by atoms with Gasteiger partial charge in [0.05, 0.1) is 18.0 Å². The highest BCUT2D eigenvalue weighted by atomic mass is 32.2. The maximum absolute atomic E-state index is 13.1. The van der Waals surface area contributed by atoms with Crippen molar-refractivity contribution in [2.75, 3.05) is 53.9 Å². The number of amides is 2. The summed E-state index contributed by atoms with van der Waals surface area (Å²) in [5, 5.41) is 3.01. The van der Waals surface area contributed by atoms with Crippen molar-refractivity contribution in [2.24, 2.45) is 0 Å². The topological polar surface area (TPSA) is 82.2 Å². The number of likely N-dealkylation sites (N-methyl/N-ethyl adjacent to an activating group) is 1. The zero-order valence-electron chi connectivity index (χ0n) is 20.0. The van der Waals surface area contributed by atoms with Crippen LogP contribution in [0.3, 0.4) is 0 Å². The van der Waals surface area contributed by atoms with E-state index in [1.165, 1.54) is 4.31 Å². The number of methoxy groups -OCH3 is 1. The van der Waals surface area contributed by atoms with E-state index in [2.05, 4.69) is 10.2 Å². The predicted molar refractivity (Wildman–Crippen MR) is 129 cm³/mol. The number of rotatable bonds is 7. The molecule has 1 unspecified atom stereocenters. The number of benzene rings is 2. The Balaban J connectivity index is 1.59. The Labute approximate surface area is 197 Å². The van der Waals surface area contributed by atoms with Crippen LogP contribution in [0.5, 0.6) is 5.75 Å². The number of urea groups is 1. The SMILES string of the molecule is COc1ccc(C(CNC(=O)N2CCN(S(=O)(=O)c3cc(C)ccc3C)CC2)N(C)C)cc1. The minimum atomic E-state index is -3.59. The number of nitrogens with one attached hydrogen (secondary N) is 1. The van der Waals surface area contributed by atoms with Gasteiger partial charge in [-0.15, -0.1) is 0 Å². The van der Waals surface area contributed by atoms with Crippen LogP contribution in [0.4, 0.5) is 4.79 Å². The number of carbonyl (C=O) groups is 1. The minimum Gasteiger partial charge on any atom is -0.497 e. The summed E-state index contributed by atoms with van der Waals surface area (Å²) < 4.78 is 32.9. The van der Waals surface area contributed by atoms with E-state index in [1.54, 1.807) is 25.0 Å². The molecule has 2 aromatic rings. The molecule has 180 valence electrons. The van der Waals surface area contributed by atoms with Crippen molar-refractivity contribution in [1.29, 1.82) is 0 Å². The van der Waals surface area contributed by atoms with Crippen molar-refractivity contribution in [2.45, 2.75) is 24.8 Å². The van der Waals surface area contributed by atoms with Crippen LogP contribution in [-0.4, -0.2) is 82.5 Å². The Hall–Kier alpha value is -2.62. The highest BCUT2D eigenvalue weighted by Crippen LogP contribution is 2.23. The lowest BCUT2D eigenvalue weighted by atomic mass is 10.1. The summed E-state index contributed by atoms with van der Waals surface area (Å²) >= 11 is 0. The fourth-order valence-corrected chi connectivity index (χ4v) is 5.71. The Kier molecular flexibility index (Phi) is 7.99. The molecule has 0 aliphatic carbocycles. The van der Waals surface area contributed by atoms with Gasteiger partial charge in [-0.2, -0.15) is 4.31 Å². The maximum Gasteiger partial charge on any atom is 0.317 e. The van der Waals surface area contributed by atoms with E-state index in [0.29, 0.717) is 24.5 Å². The van der Waals surface area contributed by atoms with E-state index >= 15 is 0 Å². The number of ether oxygens (including phenoxy) is 1. The first-order valence-corrected chi connectivity index (χ1v) is 12.5. The normalized spacial score (nSPS) is 16.0. The van der Waals surface area contributed by atoms with E-state index in [0.717, 1.165) is 22.4 Å². The molecule has 0 bridgehead atoms. The van der Waals surface area contributed by atoms with Crippen LogP contribution in [0.1, 0.15) is 22.7 Å². The monoisotopic (exact) mass is 474 g/mol. The molecule has 1 fully saturated rings. The molecule has 0 aromatic heterocycles. The first-order chi connectivity index (χ1) is 15.6. The zero-order valence-corrected chi connectivity index (χ0v) is 20.9. The molecule has 2 aromatic carbocycles. The van der Waals surface area contributed by atoms with Gasteiger partial charge in [0.2, 0.25) is 10.0 Å². The second-order valence-corrected chi connectivity index (χ2v) is 10.5. The summed E-state index contributed by atoms with van der Waals surface area (Å²) in [6, 6.07) is 13.1. The summed E-state index contributed by atoms with van der Waals surface area (Å²) in [6.45, 7) is 5.39. The quantitative estimate of drug-likeness (QED) is 0.667. The average molecular weight is 475 g/mol. The molecule has 1 heterocycles. The molecule has 8 nitrogen and oxygen atoms in total. The molecule has 1 N–H and O–H groups in total. The number of nitrogens with zero attached hydrogens (tertiary/aromatic N) is 3. The minimum absolute atomic E-state index is 0.00539. The Morgan fingerprint density at radius 1 is 1.06 bits per heavy atom. The number of hydrogen-bond donors (Lipinski definition) is 1. The van der Waals surface area contributed by atoms with Gasteiger partial charge >= 0.3 is 6.03 Å². The van der Waals surface area contributed by atoms with Crippen LogP contribution in [0.15, 0.2) is 47.4 Å². The van der Waals surface area contributed by atoms with Gasteiger partial charge in [0.1, 0.15) is 5.75 Å². The maximum atomic E-state index is 13.1. The third-order valence-corrected chi connectivity index (χ3v) is 8.10. The van der Waals surface area contributed by atoms with Crippen molar-refractivity contribution in [3.63, 3.8) is 0 Å². The third kappa shape index (κ3) is 5.85. The third-order valence-electron chi connectivity index (χ3n) is 6.06. The molecule has 0 saturated carbocycles. The van der Waals surface area contributed by atoms with Crippen LogP contribution in [0, 0.1) is 13.8 Å². The fraction of sp³-hybridized carbons (Fsp3) is 0.458. The largest absolute Gasteiger partial charge is 0.497 e. The predicted octanol–water partition coefficient (Wildman–Crippen LogP) is 2.63. The standard InChI is InChI=1S/C24H34N4O4S/c1-18-6-7-19(2)23(16-18)33(30,31)28-14-12-27(13-15-28)24(29)25-17-22(26(3)4)20-8-10-21(32-5)11-9-20/h6-11,16,22H,12-15,17H2,1-5H3,(H,25,29). The van der Waals surface area contributed by atoms with E-state index in [1.807, 2.05) is 57.4 Å². The van der Waals surface area contributed by atoms with Gasteiger partial charge in [0.25, 0.3) is 0 Å². The lowest BCUT2D eigenvalue weighted by molar-refractivity contribution is 0.168. The zero-order chi connectivity index (χ0) is 24.2. The van der Waals surface area contributed by atoms with Crippen LogP contribution in [-0.2, 0) is 10.0 Å². The summed E-state index contributed by atoms with van der Waals surface area (Å²) in [7, 11) is 1.99. The summed E-state index contributed by atoms with van der Waals surface area (Å²) in [6.07, 6.45) is 0. The van der Waals surface area contributed by atoms with Crippen LogP contribution in [0.25, 0.3) is 0 Å². The first kappa shape index (κ1) is 25.0. The van der Waals surface area contributed by atoms with Gasteiger partial charge in [0, 0.05) is 32.7 Å². The molecule has 9 heteroatoms. The molecule has 1 saturated heterocycles. The van der Waals surface area contributed by atoms with Crippen LogP contribution < -0.4 is 10.1 Å². The number of aryl methyl sites for hydroxylation is 2. The second-order valence-electron chi connectivity index (χ2n) is 8.60. The summed E-state index contributed by atoms with van der Waals surface area (Å²) in [5.41, 5.74) is 2.71. The lowest BCUT2D eigenvalue weighted by Gasteiger charge is -2.35.